The average molecular weight is 204 g/mol. The van der Waals surface area contributed by atoms with Crippen LogP contribution in [-0.2, 0) is 6.42 Å². The van der Waals surface area contributed by atoms with E-state index in [2.05, 4.69) is 23.3 Å². The molecule has 0 spiro atoms. The zero-order valence-electron chi connectivity index (χ0n) is 9.50. The number of rotatable bonds is 2. The van der Waals surface area contributed by atoms with E-state index in [4.69, 9.17) is 0 Å². The molecule has 1 N–H and O–H groups in total. The van der Waals surface area contributed by atoms with E-state index in [1.807, 2.05) is 18.5 Å². The predicted octanol–water partition coefficient (Wildman–Crippen LogP) is 2.55. The molecule has 1 aliphatic rings. The van der Waals surface area contributed by atoms with Gasteiger partial charge in [-0.2, -0.15) is 0 Å². The molecule has 1 fully saturated rings. The summed E-state index contributed by atoms with van der Waals surface area (Å²) >= 11 is 0. The normalized spacial score (nSPS) is 27.3. The van der Waals surface area contributed by atoms with E-state index < -0.39 is 0 Å². The molecule has 15 heavy (non-hydrogen) atoms. The van der Waals surface area contributed by atoms with Crippen molar-refractivity contribution in [1.82, 2.24) is 10.3 Å². The Morgan fingerprint density at radius 3 is 3.13 bits per heavy atom. The zero-order valence-corrected chi connectivity index (χ0v) is 9.50. The first kappa shape index (κ1) is 10.6. The van der Waals surface area contributed by atoms with Gasteiger partial charge in [0.05, 0.1) is 0 Å². The molecule has 1 aliphatic heterocycles. The molecule has 0 amide bonds. The smallest absolute Gasteiger partial charge is 0.0300 e. The molecule has 1 saturated heterocycles. The standard InChI is InChI=1S/C13H20N2/c1-13(7-3-2-4-9-15-13)10-12-6-5-8-14-11-12/h5-6,8,11,15H,2-4,7,9-10H2,1H3. The first-order valence-corrected chi connectivity index (χ1v) is 5.92. The molecule has 0 saturated carbocycles. The van der Waals surface area contributed by atoms with Gasteiger partial charge in [0.2, 0.25) is 0 Å². The van der Waals surface area contributed by atoms with Crippen molar-refractivity contribution in [2.45, 2.75) is 44.6 Å². The van der Waals surface area contributed by atoms with Gasteiger partial charge in [-0.25, -0.2) is 0 Å². The van der Waals surface area contributed by atoms with E-state index >= 15 is 0 Å². The summed E-state index contributed by atoms with van der Waals surface area (Å²) in [6.07, 6.45) is 10.2. The number of nitrogens with zero attached hydrogens (tertiary/aromatic N) is 1. The molecule has 2 heteroatoms. The molecule has 0 radical (unpaired) electrons. The Labute approximate surface area is 92.1 Å². The van der Waals surface area contributed by atoms with Crippen LogP contribution in [0.2, 0.25) is 0 Å². The van der Waals surface area contributed by atoms with Crippen molar-refractivity contribution in [3.05, 3.63) is 30.1 Å². The highest BCUT2D eigenvalue weighted by atomic mass is 15.0. The summed E-state index contributed by atoms with van der Waals surface area (Å²) in [6.45, 7) is 3.50. The second-order valence-corrected chi connectivity index (χ2v) is 4.84. The maximum atomic E-state index is 4.18. The highest BCUT2D eigenvalue weighted by molar-refractivity contribution is 5.12. The first-order valence-electron chi connectivity index (χ1n) is 5.92. The molecule has 1 unspecified atom stereocenters. The summed E-state index contributed by atoms with van der Waals surface area (Å²) in [5.74, 6) is 0. The van der Waals surface area contributed by atoms with Gasteiger partial charge < -0.3 is 5.32 Å². The number of nitrogens with one attached hydrogen (secondary N) is 1. The number of hydrogen-bond acceptors (Lipinski definition) is 2. The summed E-state index contributed by atoms with van der Waals surface area (Å²) in [6, 6.07) is 4.19. The third-order valence-corrected chi connectivity index (χ3v) is 3.27. The lowest BCUT2D eigenvalue weighted by Crippen LogP contribution is -2.43. The molecule has 2 nitrogen and oxygen atoms in total. The predicted molar refractivity (Wildman–Crippen MR) is 62.8 cm³/mol. The van der Waals surface area contributed by atoms with Crippen LogP contribution in [-0.4, -0.2) is 17.1 Å². The van der Waals surface area contributed by atoms with Gasteiger partial charge >= 0.3 is 0 Å². The topological polar surface area (TPSA) is 24.9 Å². The fourth-order valence-electron chi connectivity index (χ4n) is 2.40. The summed E-state index contributed by atoms with van der Waals surface area (Å²) in [4.78, 5) is 4.18. The van der Waals surface area contributed by atoms with Crippen LogP contribution in [0.1, 0.15) is 38.2 Å². The van der Waals surface area contributed by atoms with Crippen LogP contribution in [0.25, 0.3) is 0 Å². The Morgan fingerprint density at radius 2 is 2.33 bits per heavy atom. The molecule has 0 aliphatic carbocycles. The van der Waals surface area contributed by atoms with Crippen LogP contribution >= 0.6 is 0 Å². The van der Waals surface area contributed by atoms with E-state index in [9.17, 15) is 0 Å². The third-order valence-electron chi connectivity index (χ3n) is 3.27. The fourth-order valence-corrected chi connectivity index (χ4v) is 2.40. The van der Waals surface area contributed by atoms with Crippen molar-refractivity contribution in [3.63, 3.8) is 0 Å². The molecular weight excluding hydrogens is 184 g/mol. The molecule has 0 aromatic carbocycles. The van der Waals surface area contributed by atoms with Gasteiger partial charge in [-0.1, -0.05) is 18.9 Å². The SMILES string of the molecule is CC1(Cc2cccnc2)CCCCCN1. The van der Waals surface area contributed by atoms with Gasteiger partial charge in [0.15, 0.2) is 0 Å². The summed E-state index contributed by atoms with van der Waals surface area (Å²) in [5, 5.41) is 3.68. The lowest BCUT2D eigenvalue weighted by molar-refractivity contribution is 0.345. The minimum absolute atomic E-state index is 0.277. The number of hydrogen-bond donors (Lipinski definition) is 1. The summed E-state index contributed by atoms with van der Waals surface area (Å²) in [5.41, 5.74) is 1.62. The van der Waals surface area contributed by atoms with Crippen LogP contribution in [0.5, 0.6) is 0 Å². The molecular formula is C13H20N2. The maximum absolute atomic E-state index is 4.18. The van der Waals surface area contributed by atoms with Crippen LogP contribution in [0, 0.1) is 0 Å². The van der Waals surface area contributed by atoms with Crippen LogP contribution in [0.3, 0.4) is 0 Å². The summed E-state index contributed by atoms with van der Waals surface area (Å²) < 4.78 is 0. The minimum atomic E-state index is 0.277. The fraction of sp³-hybridized carbons (Fsp3) is 0.615. The average Bonchev–Trinajstić information content (AvgIpc) is 2.45. The Kier molecular flexibility index (Phi) is 3.37. The molecule has 2 heterocycles. The lowest BCUT2D eigenvalue weighted by Gasteiger charge is -2.29. The Morgan fingerprint density at radius 1 is 1.40 bits per heavy atom. The Bertz CT molecular complexity index is 287. The van der Waals surface area contributed by atoms with Gasteiger partial charge in [0.25, 0.3) is 0 Å². The van der Waals surface area contributed by atoms with Crippen molar-refractivity contribution in [1.29, 1.82) is 0 Å². The van der Waals surface area contributed by atoms with E-state index in [1.54, 1.807) is 0 Å². The van der Waals surface area contributed by atoms with E-state index in [0.717, 1.165) is 13.0 Å². The van der Waals surface area contributed by atoms with Gasteiger partial charge in [0.1, 0.15) is 0 Å². The second-order valence-electron chi connectivity index (χ2n) is 4.84. The first-order chi connectivity index (χ1) is 7.29. The molecule has 82 valence electrons. The Balaban J connectivity index is 2.02. The van der Waals surface area contributed by atoms with E-state index in [1.165, 1.54) is 31.2 Å². The molecule has 1 aromatic heterocycles. The molecule has 0 bridgehead atoms. The zero-order chi connectivity index (χ0) is 10.6. The van der Waals surface area contributed by atoms with Gasteiger partial charge in [-0.15, -0.1) is 0 Å². The minimum Gasteiger partial charge on any atom is -0.311 e. The van der Waals surface area contributed by atoms with Crippen LogP contribution < -0.4 is 5.32 Å². The van der Waals surface area contributed by atoms with Crippen molar-refractivity contribution >= 4 is 0 Å². The molecule has 1 atom stereocenters. The highest BCUT2D eigenvalue weighted by Gasteiger charge is 2.24. The molecule has 1 aromatic rings. The van der Waals surface area contributed by atoms with Crippen molar-refractivity contribution < 1.29 is 0 Å². The van der Waals surface area contributed by atoms with Crippen molar-refractivity contribution in [2.24, 2.45) is 0 Å². The second kappa shape index (κ2) is 4.75. The summed E-state index contributed by atoms with van der Waals surface area (Å²) in [7, 11) is 0. The van der Waals surface area contributed by atoms with Gasteiger partial charge in [0, 0.05) is 17.9 Å². The highest BCUT2D eigenvalue weighted by Crippen LogP contribution is 2.22. The largest absolute Gasteiger partial charge is 0.311 e. The monoisotopic (exact) mass is 204 g/mol. The number of pyridine rings is 1. The van der Waals surface area contributed by atoms with Crippen LogP contribution in [0.15, 0.2) is 24.5 Å². The molecule has 2 rings (SSSR count). The third kappa shape index (κ3) is 3.03. The maximum Gasteiger partial charge on any atom is 0.0300 e. The number of aromatic nitrogens is 1. The van der Waals surface area contributed by atoms with Crippen molar-refractivity contribution in [2.75, 3.05) is 6.54 Å². The van der Waals surface area contributed by atoms with E-state index in [-0.39, 0.29) is 5.54 Å². The Hall–Kier alpha value is -0.890. The van der Waals surface area contributed by atoms with Gasteiger partial charge in [-0.3, -0.25) is 4.98 Å². The van der Waals surface area contributed by atoms with Crippen LogP contribution in [0.4, 0.5) is 0 Å². The quantitative estimate of drug-likeness (QED) is 0.800. The van der Waals surface area contributed by atoms with Gasteiger partial charge in [-0.05, 0) is 44.4 Å². The lowest BCUT2D eigenvalue weighted by atomic mass is 9.89. The van der Waals surface area contributed by atoms with Crippen molar-refractivity contribution in [3.8, 4) is 0 Å². The van der Waals surface area contributed by atoms with E-state index in [0.29, 0.717) is 0 Å².